The Labute approximate surface area is 137 Å². The molecule has 0 atom stereocenters. The van der Waals surface area contributed by atoms with Crippen molar-refractivity contribution in [2.75, 3.05) is 0 Å². The van der Waals surface area contributed by atoms with E-state index in [4.69, 9.17) is 9.63 Å². The van der Waals surface area contributed by atoms with Crippen molar-refractivity contribution in [2.45, 2.75) is 17.9 Å². The van der Waals surface area contributed by atoms with Crippen LogP contribution < -0.4 is 0 Å². The number of carbonyl (C=O) groups is 1. The van der Waals surface area contributed by atoms with Gasteiger partial charge in [-0.2, -0.15) is 4.98 Å². The van der Waals surface area contributed by atoms with Crippen LogP contribution in [0.3, 0.4) is 0 Å². The summed E-state index contributed by atoms with van der Waals surface area (Å²) in [5, 5.41) is 13.4. The molecule has 0 aliphatic rings. The number of aromatic carboxylic acids is 1. The maximum atomic E-state index is 11.0. The van der Waals surface area contributed by atoms with Crippen molar-refractivity contribution in [3.63, 3.8) is 0 Å². The molecule has 1 aromatic heterocycles. The van der Waals surface area contributed by atoms with E-state index in [0.717, 1.165) is 11.1 Å². The summed E-state index contributed by atoms with van der Waals surface area (Å²) in [6.07, 6.45) is 0. The summed E-state index contributed by atoms with van der Waals surface area (Å²) in [5.41, 5.74) is 3.24. The highest BCUT2D eigenvalue weighted by molar-refractivity contribution is 7.98. The van der Waals surface area contributed by atoms with Crippen molar-refractivity contribution in [3.8, 4) is 11.4 Å². The molecule has 0 unspecified atom stereocenters. The highest BCUT2D eigenvalue weighted by Gasteiger charge is 2.10. The molecule has 0 saturated heterocycles. The predicted molar refractivity (Wildman–Crippen MR) is 87.4 cm³/mol. The molecule has 0 aliphatic heterocycles. The molecule has 0 aliphatic carbocycles. The Hall–Kier alpha value is -2.60. The van der Waals surface area contributed by atoms with Gasteiger partial charge in [-0.25, -0.2) is 4.79 Å². The zero-order valence-corrected chi connectivity index (χ0v) is 13.2. The summed E-state index contributed by atoms with van der Waals surface area (Å²) < 4.78 is 5.23. The lowest BCUT2D eigenvalue weighted by Gasteiger charge is -2.00. The van der Waals surface area contributed by atoms with Crippen LogP contribution in [-0.4, -0.2) is 21.2 Å². The Bertz CT molecular complexity index is 828. The molecule has 1 N–H and O–H groups in total. The highest BCUT2D eigenvalue weighted by Crippen LogP contribution is 2.24. The van der Waals surface area contributed by atoms with E-state index in [-0.39, 0.29) is 5.56 Å². The van der Waals surface area contributed by atoms with Gasteiger partial charge in [0.25, 0.3) is 5.22 Å². The van der Waals surface area contributed by atoms with Gasteiger partial charge in [0.15, 0.2) is 0 Å². The SMILES string of the molecule is Cc1ccc(-c2noc(SCc3cccc(C(=O)O)c3)n2)cc1. The van der Waals surface area contributed by atoms with Gasteiger partial charge in [-0.1, -0.05) is 58.9 Å². The summed E-state index contributed by atoms with van der Waals surface area (Å²) in [4.78, 5) is 15.3. The quantitative estimate of drug-likeness (QED) is 0.713. The maximum absolute atomic E-state index is 11.0. The molecule has 3 rings (SSSR count). The highest BCUT2D eigenvalue weighted by atomic mass is 32.2. The Morgan fingerprint density at radius 1 is 1.22 bits per heavy atom. The minimum atomic E-state index is -0.934. The molecule has 116 valence electrons. The molecule has 3 aromatic rings. The number of rotatable bonds is 5. The number of hydrogen-bond acceptors (Lipinski definition) is 5. The predicted octanol–water partition coefficient (Wildman–Crippen LogP) is 4.04. The van der Waals surface area contributed by atoms with Crippen molar-refractivity contribution in [1.82, 2.24) is 10.1 Å². The molecule has 2 aromatic carbocycles. The van der Waals surface area contributed by atoms with Crippen LogP contribution in [0.25, 0.3) is 11.4 Å². The fourth-order valence-electron chi connectivity index (χ4n) is 2.03. The molecule has 23 heavy (non-hydrogen) atoms. The average Bonchev–Trinajstić information content (AvgIpc) is 3.03. The lowest BCUT2D eigenvalue weighted by atomic mass is 10.1. The molecular weight excluding hydrogens is 312 g/mol. The first-order valence-electron chi connectivity index (χ1n) is 6.97. The molecule has 0 radical (unpaired) electrons. The Balaban J connectivity index is 1.69. The molecule has 0 fully saturated rings. The van der Waals surface area contributed by atoms with E-state index in [2.05, 4.69) is 10.1 Å². The summed E-state index contributed by atoms with van der Waals surface area (Å²) in [5.74, 6) is 0.180. The Morgan fingerprint density at radius 3 is 2.74 bits per heavy atom. The first-order chi connectivity index (χ1) is 11.1. The number of carboxylic acid groups (broad SMARTS) is 1. The maximum Gasteiger partial charge on any atom is 0.335 e. The largest absolute Gasteiger partial charge is 0.478 e. The van der Waals surface area contributed by atoms with Gasteiger partial charge in [0.2, 0.25) is 5.82 Å². The summed E-state index contributed by atoms with van der Waals surface area (Å²) in [6, 6.07) is 14.7. The number of benzene rings is 2. The number of carboxylic acids is 1. The smallest absolute Gasteiger partial charge is 0.335 e. The fraction of sp³-hybridized carbons (Fsp3) is 0.118. The number of nitrogens with zero attached hydrogens (tertiary/aromatic N) is 2. The topological polar surface area (TPSA) is 76.2 Å². The summed E-state index contributed by atoms with van der Waals surface area (Å²) in [7, 11) is 0. The average molecular weight is 326 g/mol. The van der Waals surface area contributed by atoms with Crippen molar-refractivity contribution in [2.24, 2.45) is 0 Å². The van der Waals surface area contributed by atoms with Gasteiger partial charge in [0, 0.05) is 11.3 Å². The third kappa shape index (κ3) is 3.78. The number of thioether (sulfide) groups is 1. The van der Waals surface area contributed by atoms with E-state index in [1.165, 1.54) is 17.3 Å². The van der Waals surface area contributed by atoms with Gasteiger partial charge < -0.3 is 9.63 Å². The zero-order chi connectivity index (χ0) is 16.2. The van der Waals surface area contributed by atoms with Gasteiger partial charge in [0.1, 0.15) is 0 Å². The molecule has 0 amide bonds. The molecule has 0 bridgehead atoms. The van der Waals surface area contributed by atoms with Crippen molar-refractivity contribution < 1.29 is 14.4 Å². The van der Waals surface area contributed by atoms with E-state index in [1.54, 1.807) is 18.2 Å². The second-order valence-corrected chi connectivity index (χ2v) is 5.97. The van der Waals surface area contributed by atoms with Gasteiger partial charge in [-0.15, -0.1) is 0 Å². The van der Waals surface area contributed by atoms with E-state index in [0.29, 0.717) is 16.8 Å². The van der Waals surface area contributed by atoms with Crippen LogP contribution in [0.5, 0.6) is 0 Å². The van der Waals surface area contributed by atoms with Crippen LogP contribution in [0.4, 0.5) is 0 Å². The zero-order valence-electron chi connectivity index (χ0n) is 12.4. The van der Waals surface area contributed by atoms with E-state index < -0.39 is 5.97 Å². The van der Waals surface area contributed by atoms with Gasteiger partial charge in [0.05, 0.1) is 5.56 Å². The summed E-state index contributed by atoms with van der Waals surface area (Å²) >= 11 is 1.38. The summed E-state index contributed by atoms with van der Waals surface area (Å²) in [6.45, 7) is 2.02. The van der Waals surface area contributed by atoms with Crippen LogP contribution in [0.1, 0.15) is 21.5 Å². The number of aryl methyl sites for hydroxylation is 1. The van der Waals surface area contributed by atoms with E-state index in [9.17, 15) is 4.79 Å². The molecule has 1 heterocycles. The minimum absolute atomic E-state index is 0.272. The van der Waals surface area contributed by atoms with E-state index in [1.807, 2.05) is 37.3 Å². The lowest BCUT2D eigenvalue weighted by Crippen LogP contribution is -1.96. The normalized spacial score (nSPS) is 10.7. The van der Waals surface area contributed by atoms with Gasteiger partial charge >= 0.3 is 5.97 Å². The number of aromatic nitrogens is 2. The number of hydrogen-bond donors (Lipinski definition) is 1. The van der Waals surface area contributed by atoms with Crippen LogP contribution >= 0.6 is 11.8 Å². The minimum Gasteiger partial charge on any atom is -0.478 e. The van der Waals surface area contributed by atoms with Crippen molar-refractivity contribution in [3.05, 3.63) is 65.2 Å². The first kappa shape index (κ1) is 15.3. The van der Waals surface area contributed by atoms with Crippen molar-refractivity contribution >= 4 is 17.7 Å². The second-order valence-electron chi connectivity index (χ2n) is 5.04. The van der Waals surface area contributed by atoms with Crippen LogP contribution in [-0.2, 0) is 5.75 Å². The molecule has 0 saturated carbocycles. The monoisotopic (exact) mass is 326 g/mol. The molecular formula is C17H14N2O3S. The van der Waals surface area contributed by atoms with Crippen molar-refractivity contribution in [1.29, 1.82) is 0 Å². The fourth-order valence-corrected chi connectivity index (χ4v) is 2.74. The van der Waals surface area contributed by atoms with Gasteiger partial charge in [-0.05, 0) is 24.6 Å². The molecule has 0 spiro atoms. The third-order valence-corrected chi connectivity index (χ3v) is 4.14. The standard InChI is InChI=1S/C17H14N2O3S/c1-11-5-7-13(8-6-11)15-18-17(22-19-15)23-10-12-3-2-4-14(9-12)16(20)21/h2-9H,10H2,1H3,(H,20,21). The van der Waals surface area contributed by atoms with Crippen LogP contribution in [0, 0.1) is 6.92 Å². The second kappa shape index (κ2) is 6.66. The van der Waals surface area contributed by atoms with Gasteiger partial charge in [-0.3, -0.25) is 0 Å². The molecule has 5 nitrogen and oxygen atoms in total. The van der Waals surface area contributed by atoms with Crippen LogP contribution in [0.15, 0.2) is 58.3 Å². The van der Waals surface area contributed by atoms with Crippen LogP contribution in [0.2, 0.25) is 0 Å². The Kier molecular flexibility index (Phi) is 4.43. The first-order valence-corrected chi connectivity index (χ1v) is 7.96. The Morgan fingerprint density at radius 2 is 2.00 bits per heavy atom. The third-order valence-electron chi connectivity index (χ3n) is 3.25. The van der Waals surface area contributed by atoms with E-state index >= 15 is 0 Å². The molecule has 6 heteroatoms. The lowest BCUT2D eigenvalue weighted by molar-refractivity contribution is 0.0697.